The minimum atomic E-state index is -0.471. The van der Waals surface area contributed by atoms with Crippen LogP contribution in [0.1, 0.15) is 79.0 Å². The molecule has 0 aromatic heterocycles. The summed E-state index contributed by atoms with van der Waals surface area (Å²) in [5.41, 5.74) is 1.40. The van der Waals surface area contributed by atoms with Gasteiger partial charge in [0.25, 0.3) is 0 Å². The third-order valence-corrected chi connectivity index (χ3v) is 4.13. The van der Waals surface area contributed by atoms with E-state index in [0.29, 0.717) is 11.1 Å². The minimum absolute atomic E-state index is 0.337. The highest BCUT2D eigenvalue weighted by Gasteiger charge is 2.13. The molecule has 0 heterocycles. The number of carbonyl (C=O) groups is 2. The molecule has 140 valence electrons. The lowest BCUT2D eigenvalue weighted by Crippen LogP contribution is -2.09. The molecule has 1 rings (SSSR count). The summed E-state index contributed by atoms with van der Waals surface area (Å²) in [4.78, 5) is 23.5. The lowest BCUT2D eigenvalue weighted by molar-refractivity contribution is 0.0599. The van der Waals surface area contributed by atoms with Crippen molar-refractivity contribution in [2.45, 2.75) is 58.3 Å². The van der Waals surface area contributed by atoms with Crippen LogP contribution in [0.2, 0.25) is 0 Å². The summed E-state index contributed by atoms with van der Waals surface area (Å²) in [6, 6.07) is 4.88. The molecule has 0 fully saturated rings. The highest BCUT2D eigenvalue weighted by atomic mass is 16.5. The van der Waals surface area contributed by atoms with Crippen LogP contribution in [0.4, 0.5) is 5.69 Å². The number of methoxy groups -OCH3 is 2. The normalized spacial score (nSPS) is 10.4. The SMILES string of the molecule is CCCCCCCCCCNc1cc(C(=O)OC)cc(C(=O)OC)c1. The second-order valence-electron chi connectivity index (χ2n) is 6.18. The number of carbonyl (C=O) groups excluding carboxylic acids is 2. The van der Waals surface area contributed by atoms with Gasteiger partial charge in [0.05, 0.1) is 25.3 Å². The molecule has 0 bridgehead atoms. The van der Waals surface area contributed by atoms with E-state index in [2.05, 4.69) is 12.2 Å². The van der Waals surface area contributed by atoms with Crippen LogP contribution in [-0.4, -0.2) is 32.7 Å². The topological polar surface area (TPSA) is 64.6 Å². The van der Waals surface area contributed by atoms with Crippen LogP contribution in [0, 0.1) is 0 Å². The van der Waals surface area contributed by atoms with Gasteiger partial charge in [-0.25, -0.2) is 9.59 Å². The molecule has 5 heteroatoms. The zero-order chi connectivity index (χ0) is 18.5. The van der Waals surface area contributed by atoms with Crippen LogP contribution in [-0.2, 0) is 9.47 Å². The number of ether oxygens (including phenoxy) is 2. The van der Waals surface area contributed by atoms with E-state index in [9.17, 15) is 9.59 Å². The first-order valence-electron chi connectivity index (χ1n) is 9.18. The van der Waals surface area contributed by atoms with Crippen LogP contribution in [0.3, 0.4) is 0 Å². The highest BCUT2D eigenvalue weighted by Crippen LogP contribution is 2.17. The molecule has 25 heavy (non-hydrogen) atoms. The molecule has 5 nitrogen and oxygen atoms in total. The van der Waals surface area contributed by atoms with Crippen molar-refractivity contribution in [3.8, 4) is 0 Å². The third kappa shape index (κ3) is 8.05. The predicted octanol–water partition coefficient (Wildman–Crippen LogP) is 4.81. The molecular weight excluding hydrogens is 318 g/mol. The summed E-state index contributed by atoms with van der Waals surface area (Å²) < 4.78 is 9.48. The first-order valence-corrected chi connectivity index (χ1v) is 9.18. The average molecular weight is 349 g/mol. The Morgan fingerprint density at radius 2 is 1.28 bits per heavy atom. The third-order valence-electron chi connectivity index (χ3n) is 4.13. The fourth-order valence-electron chi connectivity index (χ4n) is 2.69. The molecule has 0 atom stereocenters. The molecular formula is C20H31NO4. The molecule has 0 aliphatic carbocycles. The van der Waals surface area contributed by atoms with Gasteiger partial charge in [-0.05, 0) is 24.6 Å². The van der Waals surface area contributed by atoms with E-state index < -0.39 is 11.9 Å². The fraction of sp³-hybridized carbons (Fsp3) is 0.600. The second kappa shape index (κ2) is 12.3. The molecule has 1 N–H and O–H groups in total. The van der Waals surface area contributed by atoms with Crippen molar-refractivity contribution in [2.75, 3.05) is 26.1 Å². The molecule has 1 aromatic carbocycles. The van der Waals surface area contributed by atoms with Gasteiger partial charge in [0.15, 0.2) is 0 Å². The van der Waals surface area contributed by atoms with Gasteiger partial charge in [0.2, 0.25) is 0 Å². The summed E-state index contributed by atoms with van der Waals surface area (Å²) in [7, 11) is 2.64. The molecule has 0 aliphatic heterocycles. The first-order chi connectivity index (χ1) is 12.1. The van der Waals surface area contributed by atoms with Crippen molar-refractivity contribution in [1.29, 1.82) is 0 Å². The molecule has 0 amide bonds. The number of esters is 2. The largest absolute Gasteiger partial charge is 0.465 e. The monoisotopic (exact) mass is 349 g/mol. The van der Waals surface area contributed by atoms with E-state index in [-0.39, 0.29) is 0 Å². The van der Waals surface area contributed by atoms with E-state index in [1.807, 2.05) is 0 Å². The summed E-state index contributed by atoms with van der Waals surface area (Å²) >= 11 is 0. The van der Waals surface area contributed by atoms with E-state index in [1.165, 1.54) is 65.2 Å². The highest BCUT2D eigenvalue weighted by molar-refractivity contribution is 5.96. The number of unbranched alkanes of at least 4 members (excludes halogenated alkanes) is 7. The van der Waals surface area contributed by atoms with Crippen molar-refractivity contribution in [3.05, 3.63) is 29.3 Å². The number of benzene rings is 1. The Balaban J connectivity index is 2.46. The van der Waals surface area contributed by atoms with Crippen LogP contribution in [0.15, 0.2) is 18.2 Å². The molecule has 0 unspecified atom stereocenters. The van der Waals surface area contributed by atoms with Gasteiger partial charge in [-0.1, -0.05) is 51.9 Å². The number of rotatable bonds is 12. The summed E-state index contributed by atoms with van der Waals surface area (Å²) in [5.74, 6) is -0.943. The first kappa shape index (κ1) is 21.0. The van der Waals surface area contributed by atoms with Crippen LogP contribution in [0.5, 0.6) is 0 Å². The maximum atomic E-state index is 11.7. The van der Waals surface area contributed by atoms with Crippen LogP contribution in [0.25, 0.3) is 0 Å². The lowest BCUT2D eigenvalue weighted by atomic mass is 10.1. The number of anilines is 1. The van der Waals surface area contributed by atoms with Gasteiger partial charge in [-0.2, -0.15) is 0 Å². The summed E-state index contributed by atoms with van der Waals surface area (Å²) in [6.07, 6.45) is 10.1. The Kier molecular flexibility index (Phi) is 10.4. The Bertz CT molecular complexity index is 508. The van der Waals surface area contributed by atoms with E-state index >= 15 is 0 Å². The smallest absolute Gasteiger partial charge is 0.337 e. The van der Waals surface area contributed by atoms with Crippen molar-refractivity contribution < 1.29 is 19.1 Å². The zero-order valence-corrected chi connectivity index (χ0v) is 15.7. The Morgan fingerprint density at radius 1 is 0.800 bits per heavy atom. The van der Waals surface area contributed by atoms with Crippen molar-refractivity contribution in [3.63, 3.8) is 0 Å². The average Bonchev–Trinajstić information content (AvgIpc) is 2.65. The molecule has 0 radical (unpaired) electrons. The predicted molar refractivity (Wildman–Crippen MR) is 100 cm³/mol. The van der Waals surface area contributed by atoms with Gasteiger partial charge in [-0.3, -0.25) is 0 Å². The summed E-state index contributed by atoms with van der Waals surface area (Å²) in [5, 5.41) is 3.28. The Morgan fingerprint density at radius 3 is 1.76 bits per heavy atom. The number of nitrogens with one attached hydrogen (secondary N) is 1. The van der Waals surface area contributed by atoms with Gasteiger partial charge in [0.1, 0.15) is 0 Å². The van der Waals surface area contributed by atoms with Gasteiger partial charge in [0, 0.05) is 12.2 Å². The molecule has 0 spiro atoms. The lowest BCUT2D eigenvalue weighted by Gasteiger charge is -2.10. The number of hydrogen-bond acceptors (Lipinski definition) is 5. The maximum absolute atomic E-state index is 11.7. The molecule has 0 saturated heterocycles. The van der Waals surface area contributed by atoms with Crippen LogP contribution >= 0.6 is 0 Å². The number of hydrogen-bond donors (Lipinski definition) is 1. The summed E-state index contributed by atoms with van der Waals surface area (Å²) in [6.45, 7) is 3.03. The van der Waals surface area contributed by atoms with Crippen molar-refractivity contribution in [2.24, 2.45) is 0 Å². The van der Waals surface area contributed by atoms with Gasteiger partial charge >= 0.3 is 11.9 Å². The van der Waals surface area contributed by atoms with E-state index in [1.54, 1.807) is 12.1 Å². The minimum Gasteiger partial charge on any atom is -0.465 e. The Hall–Kier alpha value is -2.04. The van der Waals surface area contributed by atoms with Crippen molar-refractivity contribution in [1.82, 2.24) is 0 Å². The Labute approximate surface area is 151 Å². The van der Waals surface area contributed by atoms with Gasteiger partial charge in [-0.15, -0.1) is 0 Å². The zero-order valence-electron chi connectivity index (χ0n) is 15.7. The molecule has 0 aliphatic rings. The fourth-order valence-corrected chi connectivity index (χ4v) is 2.69. The molecule has 1 aromatic rings. The second-order valence-corrected chi connectivity index (χ2v) is 6.18. The van der Waals surface area contributed by atoms with Gasteiger partial charge < -0.3 is 14.8 Å². The molecule has 0 saturated carbocycles. The quantitative estimate of drug-likeness (QED) is 0.433. The van der Waals surface area contributed by atoms with E-state index in [4.69, 9.17) is 9.47 Å². The van der Waals surface area contributed by atoms with Crippen LogP contribution < -0.4 is 5.32 Å². The van der Waals surface area contributed by atoms with Crippen molar-refractivity contribution >= 4 is 17.6 Å². The standard InChI is InChI=1S/C20H31NO4/c1-4-5-6-7-8-9-10-11-12-21-18-14-16(19(22)24-2)13-17(15-18)20(23)25-3/h13-15,21H,4-12H2,1-3H3. The maximum Gasteiger partial charge on any atom is 0.337 e. The van der Waals surface area contributed by atoms with E-state index in [0.717, 1.165) is 18.7 Å².